The first kappa shape index (κ1) is 22.9. The summed E-state index contributed by atoms with van der Waals surface area (Å²) < 4.78 is 25.5. The number of esters is 2. The second kappa shape index (κ2) is 9.98. The van der Waals surface area contributed by atoms with Gasteiger partial charge in [-0.3, -0.25) is 9.36 Å². The van der Waals surface area contributed by atoms with E-state index in [1.807, 2.05) is 6.92 Å². The average molecular weight is 389 g/mol. The van der Waals surface area contributed by atoms with Gasteiger partial charge in [-0.2, -0.15) is 0 Å². The van der Waals surface area contributed by atoms with Crippen LogP contribution in [0.1, 0.15) is 46.5 Å². The number of carbonyl (C=O) groups excluding carboxylic acids is 3. The van der Waals surface area contributed by atoms with Crippen LogP contribution < -0.4 is 0 Å². The van der Waals surface area contributed by atoms with Crippen molar-refractivity contribution in [3.05, 3.63) is 0 Å². The molecular formula is C13H22ClO9P. The van der Waals surface area contributed by atoms with Crippen molar-refractivity contribution in [1.82, 2.24) is 0 Å². The van der Waals surface area contributed by atoms with E-state index in [9.17, 15) is 28.7 Å². The van der Waals surface area contributed by atoms with Gasteiger partial charge in [0, 0.05) is 11.6 Å². The van der Waals surface area contributed by atoms with Crippen LogP contribution in [0.2, 0.25) is 0 Å². The third-order valence-corrected chi connectivity index (χ3v) is 5.48. The third-order valence-electron chi connectivity index (χ3n) is 3.46. The lowest BCUT2D eigenvalue weighted by molar-refractivity contribution is -0.192. The van der Waals surface area contributed by atoms with Crippen LogP contribution in [0.3, 0.4) is 0 Å². The van der Waals surface area contributed by atoms with E-state index in [0.29, 0.717) is 6.42 Å². The number of hydrogen-bond acceptors (Lipinski definition) is 7. The number of hydrogen-bond donors (Lipinski definition) is 2. The normalized spacial score (nSPS) is 13.1. The van der Waals surface area contributed by atoms with E-state index >= 15 is 0 Å². The predicted molar refractivity (Wildman–Crippen MR) is 83.4 cm³/mol. The van der Waals surface area contributed by atoms with Crippen molar-refractivity contribution in [2.24, 2.45) is 0 Å². The fourth-order valence-corrected chi connectivity index (χ4v) is 3.06. The molecule has 9 nitrogen and oxygen atoms in total. The Balaban J connectivity index is 5.32. The zero-order valence-corrected chi connectivity index (χ0v) is 15.3. The lowest BCUT2D eigenvalue weighted by Crippen LogP contribution is -2.43. The molecule has 0 aliphatic heterocycles. The lowest BCUT2D eigenvalue weighted by atomic mass is 10.0. The fraction of sp³-hybridized carbons (Fsp3) is 0.769. The Hall–Kier alpha value is -1.15. The smallest absolute Gasteiger partial charge is 0.407 e. The Morgan fingerprint density at radius 3 is 2.04 bits per heavy atom. The van der Waals surface area contributed by atoms with Crippen molar-refractivity contribution in [3.8, 4) is 0 Å². The molecule has 0 spiro atoms. The maximum absolute atomic E-state index is 12.2. The van der Waals surface area contributed by atoms with Crippen LogP contribution in [-0.2, 0) is 28.4 Å². The van der Waals surface area contributed by atoms with E-state index in [1.165, 1.54) is 13.8 Å². The first-order valence-electron chi connectivity index (χ1n) is 7.35. The number of ether oxygens (including phenoxy) is 3. The van der Waals surface area contributed by atoms with Gasteiger partial charge in [-0.1, -0.05) is 27.2 Å². The molecule has 1 atom stereocenters. The van der Waals surface area contributed by atoms with Gasteiger partial charge in [-0.05, 0) is 19.3 Å². The number of rotatable bonds is 10. The van der Waals surface area contributed by atoms with Crippen LogP contribution in [0.25, 0.3) is 0 Å². The first-order chi connectivity index (χ1) is 11.1. The molecule has 0 bridgehead atoms. The first-order valence-corrected chi connectivity index (χ1v) is 9.34. The summed E-state index contributed by atoms with van der Waals surface area (Å²) in [6.07, 6.45) is -1.39. The van der Waals surface area contributed by atoms with Crippen molar-refractivity contribution in [3.63, 3.8) is 0 Å². The van der Waals surface area contributed by atoms with E-state index < -0.39 is 36.4 Å². The Bertz CT molecular complexity index is 498. The van der Waals surface area contributed by atoms with Gasteiger partial charge < -0.3 is 24.0 Å². The van der Waals surface area contributed by atoms with Gasteiger partial charge >= 0.3 is 31.3 Å². The summed E-state index contributed by atoms with van der Waals surface area (Å²) in [6.45, 7) is 4.60. The molecule has 0 rings (SSSR count). The Kier molecular flexibility index (Phi) is 9.50. The molecule has 11 heteroatoms. The number of halogens is 1. The molecule has 0 aliphatic carbocycles. The highest BCUT2D eigenvalue weighted by Gasteiger charge is 2.53. The Morgan fingerprint density at radius 2 is 1.67 bits per heavy atom. The zero-order chi connectivity index (χ0) is 19.0. The summed E-state index contributed by atoms with van der Waals surface area (Å²) in [5, 5.41) is -2.16. The molecular weight excluding hydrogens is 367 g/mol. The summed E-state index contributed by atoms with van der Waals surface area (Å²) in [5.74, 6) is -2.58. The largest absolute Gasteiger partial charge is 0.460 e. The van der Waals surface area contributed by atoms with Gasteiger partial charge in [-0.15, -0.1) is 0 Å². The predicted octanol–water partition coefficient (Wildman–Crippen LogP) is 2.31. The minimum absolute atomic E-state index is 0.00554. The quantitative estimate of drug-likeness (QED) is 0.190. The fourth-order valence-electron chi connectivity index (χ4n) is 1.87. The van der Waals surface area contributed by atoms with Crippen molar-refractivity contribution >= 4 is 36.6 Å². The van der Waals surface area contributed by atoms with E-state index in [2.05, 4.69) is 4.74 Å². The van der Waals surface area contributed by atoms with E-state index in [0.717, 1.165) is 6.42 Å². The van der Waals surface area contributed by atoms with Crippen LogP contribution in [0.5, 0.6) is 0 Å². The Morgan fingerprint density at radius 1 is 1.12 bits per heavy atom. The maximum Gasteiger partial charge on any atom is 0.407 e. The van der Waals surface area contributed by atoms with E-state index in [-0.39, 0.29) is 19.4 Å². The standard InChI is InChI=1S/C13H22ClO9P/c1-4-7-8-21-9(15)10(23-12(14)17)22-11(16)13(5-2,6-3)24(18,19)20/h10H,4-8H2,1-3H3,(H2,18,19,20). The monoisotopic (exact) mass is 388 g/mol. The van der Waals surface area contributed by atoms with Crippen molar-refractivity contribution < 1.29 is 42.9 Å². The molecule has 140 valence electrons. The number of carbonyl (C=O) groups is 3. The van der Waals surface area contributed by atoms with E-state index in [1.54, 1.807) is 0 Å². The SMILES string of the molecule is CCCCOC(=O)C(OC(=O)Cl)OC(=O)C(CC)(CC)P(=O)(O)O. The minimum Gasteiger partial charge on any atom is -0.460 e. The third kappa shape index (κ3) is 6.05. The van der Waals surface area contributed by atoms with Crippen molar-refractivity contribution in [2.45, 2.75) is 57.9 Å². The molecule has 0 fully saturated rings. The highest BCUT2D eigenvalue weighted by atomic mass is 35.5. The van der Waals surface area contributed by atoms with Gasteiger partial charge in [-0.25, -0.2) is 9.59 Å². The zero-order valence-electron chi connectivity index (χ0n) is 13.7. The molecule has 0 aromatic carbocycles. The van der Waals surface area contributed by atoms with Crippen LogP contribution in [0, 0.1) is 0 Å². The second-order valence-electron chi connectivity index (χ2n) is 4.90. The minimum atomic E-state index is -4.91. The van der Waals surface area contributed by atoms with Gasteiger partial charge in [0.05, 0.1) is 6.61 Å². The maximum atomic E-state index is 12.2. The summed E-state index contributed by atoms with van der Waals surface area (Å²) in [4.78, 5) is 53.8. The van der Waals surface area contributed by atoms with Crippen LogP contribution in [0.15, 0.2) is 0 Å². The summed E-state index contributed by atoms with van der Waals surface area (Å²) >= 11 is 5.02. The molecule has 24 heavy (non-hydrogen) atoms. The second-order valence-corrected chi connectivity index (χ2v) is 7.15. The summed E-state index contributed by atoms with van der Waals surface area (Å²) in [5.41, 5.74) is -1.44. The van der Waals surface area contributed by atoms with Gasteiger partial charge in [0.15, 0.2) is 5.16 Å². The number of unbranched alkanes of at least 4 members (excludes halogenated alkanes) is 1. The molecule has 0 heterocycles. The summed E-state index contributed by atoms with van der Waals surface area (Å²) in [6, 6.07) is 0. The highest BCUT2D eigenvalue weighted by Crippen LogP contribution is 2.55. The molecule has 0 amide bonds. The summed E-state index contributed by atoms with van der Waals surface area (Å²) in [7, 11) is -4.91. The molecule has 1 unspecified atom stereocenters. The van der Waals surface area contributed by atoms with Crippen LogP contribution in [0.4, 0.5) is 4.79 Å². The molecule has 0 saturated carbocycles. The molecule has 0 aliphatic rings. The van der Waals surface area contributed by atoms with Gasteiger partial charge in [0.2, 0.25) is 0 Å². The molecule has 2 N–H and O–H groups in total. The topological polar surface area (TPSA) is 136 Å². The molecule has 0 aromatic heterocycles. The lowest BCUT2D eigenvalue weighted by Gasteiger charge is -2.30. The molecule has 0 saturated heterocycles. The van der Waals surface area contributed by atoms with Crippen LogP contribution in [-0.4, -0.2) is 45.2 Å². The van der Waals surface area contributed by atoms with E-state index in [4.69, 9.17) is 21.1 Å². The molecule has 0 radical (unpaired) electrons. The van der Waals surface area contributed by atoms with Crippen molar-refractivity contribution in [1.29, 1.82) is 0 Å². The Labute approximate surface area is 144 Å². The van der Waals surface area contributed by atoms with Crippen LogP contribution >= 0.6 is 19.2 Å². The average Bonchev–Trinajstić information content (AvgIpc) is 2.46. The van der Waals surface area contributed by atoms with Crippen molar-refractivity contribution in [2.75, 3.05) is 6.61 Å². The highest BCUT2D eigenvalue weighted by molar-refractivity contribution is 7.54. The van der Waals surface area contributed by atoms with Gasteiger partial charge in [0.1, 0.15) is 0 Å². The van der Waals surface area contributed by atoms with Gasteiger partial charge in [0.25, 0.3) is 0 Å². The molecule has 0 aromatic rings.